The molecule has 1 amide bonds. The van der Waals surface area contributed by atoms with Gasteiger partial charge in [0.15, 0.2) is 11.5 Å². The Kier molecular flexibility index (Phi) is 6.69. The van der Waals surface area contributed by atoms with Crippen molar-refractivity contribution < 1.29 is 19.0 Å². The van der Waals surface area contributed by atoms with Crippen LogP contribution in [0.3, 0.4) is 0 Å². The number of nitrogens with one attached hydrogen (secondary N) is 2. The number of hydrogen-bond donors (Lipinski definition) is 3. The highest BCUT2D eigenvalue weighted by Crippen LogP contribution is 2.38. The van der Waals surface area contributed by atoms with Gasteiger partial charge in [-0.25, -0.2) is 0 Å². The molecule has 0 spiro atoms. The van der Waals surface area contributed by atoms with Crippen LogP contribution in [0.1, 0.15) is 16.8 Å². The van der Waals surface area contributed by atoms with Gasteiger partial charge in [0.25, 0.3) is 5.91 Å². The summed E-state index contributed by atoms with van der Waals surface area (Å²) in [5.74, 6) is 0.612. The minimum absolute atomic E-state index is 0.297. The third-order valence-electron chi connectivity index (χ3n) is 6.25. The summed E-state index contributed by atoms with van der Waals surface area (Å²) in [6.07, 6.45) is 4.27. The summed E-state index contributed by atoms with van der Waals surface area (Å²) in [6.45, 7) is 4.99. The van der Waals surface area contributed by atoms with Gasteiger partial charge in [0, 0.05) is 60.1 Å². The van der Waals surface area contributed by atoms with Gasteiger partial charge in [-0.05, 0) is 30.7 Å². The lowest BCUT2D eigenvalue weighted by Crippen LogP contribution is -2.37. The Hall–Kier alpha value is -3.82. The minimum atomic E-state index is -0.564. The zero-order valence-electron chi connectivity index (χ0n) is 19.7. The molecule has 3 heterocycles. The Morgan fingerprint density at radius 3 is 2.86 bits per heavy atom. The van der Waals surface area contributed by atoms with E-state index in [0.717, 1.165) is 55.9 Å². The third-order valence-corrected chi connectivity index (χ3v) is 6.25. The Balaban J connectivity index is 1.44. The monoisotopic (exact) mass is 475 g/mol. The first-order chi connectivity index (χ1) is 17.1. The van der Waals surface area contributed by atoms with E-state index in [9.17, 15) is 4.79 Å². The second kappa shape index (κ2) is 10.2. The van der Waals surface area contributed by atoms with Crippen molar-refractivity contribution in [2.75, 3.05) is 51.9 Å². The molecule has 182 valence electrons. The number of anilines is 2. The number of methoxy groups -OCH3 is 1. The summed E-state index contributed by atoms with van der Waals surface area (Å²) in [5, 5.41) is 5.13. The second-order valence-corrected chi connectivity index (χ2v) is 8.46. The molecule has 9 heteroatoms. The van der Waals surface area contributed by atoms with Gasteiger partial charge >= 0.3 is 0 Å². The van der Waals surface area contributed by atoms with Crippen LogP contribution in [0.5, 0.6) is 11.5 Å². The van der Waals surface area contributed by atoms with Crippen molar-refractivity contribution in [3.05, 3.63) is 54.4 Å². The van der Waals surface area contributed by atoms with Crippen molar-refractivity contribution in [2.24, 2.45) is 5.73 Å². The summed E-state index contributed by atoms with van der Waals surface area (Å²) in [7, 11) is 1.60. The van der Waals surface area contributed by atoms with Crippen molar-refractivity contribution in [3.63, 3.8) is 0 Å². The fourth-order valence-electron chi connectivity index (χ4n) is 4.42. The second-order valence-electron chi connectivity index (χ2n) is 8.46. The summed E-state index contributed by atoms with van der Waals surface area (Å²) in [5.41, 5.74) is 9.08. The van der Waals surface area contributed by atoms with Crippen LogP contribution in [0.15, 0.2) is 48.8 Å². The Morgan fingerprint density at radius 2 is 2.06 bits per heavy atom. The van der Waals surface area contributed by atoms with E-state index in [2.05, 4.69) is 20.2 Å². The summed E-state index contributed by atoms with van der Waals surface area (Å²) in [6, 6.07) is 11.6. The molecule has 35 heavy (non-hydrogen) atoms. The van der Waals surface area contributed by atoms with Crippen LogP contribution >= 0.6 is 0 Å². The third kappa shape index (κ3) is 4.87. The standard InChI is InChI=1S/C26H29N5O4/c1-33-23-14-18-22(15-24(23)35-11-3-8-31-9-12-34-13-10-31)29-16-19(26(27)32)25(18)30-21-5-2-4-20-17(21)6-7-28-20/h2,4-7,14-16,28H,3,8-13H2,1H3,(H2,27,32)(H,29,30). The van der Waals surface area contributed by atoms with Crippen LogP contribution in [0.25, 0.3) is 21.8 Å². The predicted octanol–water partition coefficient (Wildman–Crippen LogP) is 3.67. The molecule has 4 aromatic rings. The fraction of sp³-hybridized carbons (Fsp3) is 0.308. The van der Waals surface area contributed by atoms with Crippen molar-refractivity contribution in [1.82, 2.24) is 14.9 Å². The van der Waals surface area contributed by atoms with Crippen LogP contribution in [0, 0.1) is 0 Å². The Morgan fingerprint density at radius 1 is 1.20 bits per heavy atom. The normalized spacial score (nSPS) is 14.3. The van der Waals surface area contributed by atoms with Gasteiger partial charge in [-0.2, -0.15) is 0 Å². The molecule has 0 atom stereocenters. The van der Waals surface area contributed by atoms with Crippen LogP contribution in [-0.4, -0.2) is 67.3 Å². The van der Waals surface area contributed by atoms with E-state index in [0.29, 0.717) is 40.3 Å². The van der Waals surface area contributed by atoms with Crippen molar-refractivity contribution in [2.45, 2.75) is 6.42 Å². The van der Waals surface area contributed by atoms with E-state index in [1.54, 1.807) is 7.11 Å². The van der Waals surface area contributed by atoms with Crippen LogP contribution in [0.2, 0.25) is 0 Å². The van der Waals surface area contributed by atoms with E-state index < -0.39 is 5.91 Å². The molecule has 1 aliphatic rings. The Bertz CT molecular complexity index is 1350. The number of aromatic nitrogens is 2. The van der Waals surface area contributed by atoms with Crippen LogP contribution in [-0.2, 0) is 4.74 Å². The first-order valence-electron chi connectivity index (χ1n) is 11.7. The number of morpholine rings is 1. The van der Waals surface area contributed by atoms with Crippen molar-refractivity contribution in [1.29, 1.82) is 0 Å². The number of nitrogens with two attached hydrogens (primary N) is 1. The molecule has 1 aliphatic heterocycles. The van der Waals surface area contributed by atoms with E-state index in [1.165, 1.54) is 6.20 Å². The lowest BCUT2D eigenvalue weighted by molar-refractivity contribution is 0.0357. The molecule has 0 radical (unpaired) electrons. The number of carbonyl (C=O) groups is 1. The minimum Gasteiger partial charge on any atom is -0.493 e. The molecule has 5 rings (SSSR count). The van der Waals surface area contributed by atoms with Gasteiger partial charge in [-0.15, -0.1) is 0 Å². The van der Waals surface area contributed by atoms with Gasteiger partial charge in [0.05, 0.1) is 43.7 Å². The molecular formula is C26H29N5O4. The summed E-state index contributed by atoms with van der Waals surface area (Å²) in [4.78, 5) is 22.3. The highest BCUT2D eigenvalue weighted by molar-refractivity contribution is 6.09. The zero-order chi connectivity index (χ0) is 24.2. The number of aromatic amines is 1. The molecule has 0 bridgehead atoms. The SMILES string of the molecule is COc1cc2c(Nc3cccc4[nH]ccc34)c(C(N)=O)cnc2cc1OCCCN1CCOCC1. The lowest BCUT2D eigenvalue weighted by Gasteiger charge is -2.26. The highest BCUT2D eigenvalue weighted by Gasteiger charge is 2.18. The van der Waals surface area contributed by atoms with Gasteiger partial charge in [-0.1, -0.05) is 6.07 Å². The van der Waals surface area contributed by atoms with E-state index in [-0.39, 0.29) is 0 Å². The molecule has 2 aromatic carbocycles. The molecular weight excluding hydrogens is 446 g/mol. The highest BCUT2D eigenvalue weighted by atomic mass is 16.5. The van der Waals surface area contributed by atoms with Gasteiger partial charge < -0.3 is 30.2 Å². The van der Waals surface area contributed by atoms with Gasteiger partial charge in [-0.3, -0.25) is 14.7 Å². The predicted molar refractivity (Wildman–Crippen MR) is 136 cm³/mol. The van der Waals surface area contributed by atoms with Gasteiger partial charge in [0.2, 0.25) is 0 Å². The summed E-state index contributed by atoms with van der Waals surface area (Å²) >= 11 is 0. The van der Waals surface area contributed by atoms with Crippen molar-refractivity contribution in [3.8, 4) is 11.5 Å². The van der Waals surface area contributed by atoms with Gasteiger partial charge in [0.1, 0.15) is 0 Å². The largest absolute Gasteiger partial charge is 0.493 e. The average Bonchev–Trinajstić information content (AvgIpc) is 3.37. The summed E-state index contributed by atoms with van der Waals surface area (Å²) < 4.78 is 17.1. The molecule has 1 saturated heterocycles. The lowest BCUT2D eigenvalue weighted by atomic mass is 10.1. The topological polar surface area (TPSA) is 115 Å². The number of rotatable bonds is 9. The molecule has 0 saturated carbocycles. The quantitative estimate of drug-likeness (QED) is 0.317. The maximum absolute atomic E-state index is 12.3. The maximum Gasteiger partial charge on any atom is 0.252 e. The number of amides is 1. The smallest absolute Gasteiger partial charge is 0.252 e. The number of ether oxygens (including phenoxy) is 3. The van der Waals surface area contributed by atoms with Crippen LogP contribution in [0.4, 0.5) is 11.4 Å². The number of benzene rings is 2. The molecule has 0 unspecified atom stereocenters. The number of H-pyrrole nitrogens is 1. The molecule has 1 fully saturated rings. The number of nitrogens with zero attached hydrogens (tertiary/aromatic N) is 2. The molecule has 9 nitrogen and oxygen atoms in total. The number of hydrogen-bond acceptors (Lipinski definition) is 7. The van der Waals surface area contributed by atoms with Crippen molar-refractivity contribution >= 4 is 39.1 Å². The maximum atomic E-state index is 12.3. The molecule has 2 aromatic heterocycles. The van der Waals surface area contributed by atoms with E-state index in [4.69, 9.17) is 19.9 Å². The number of fused-ring (bicyclic) bond motifs is 2. The molecule has 4 N–H and O–H groups in total. The fourth-order valence-corrected chi connectivity index (χ4v) is 4.42. The first kappa shape index (κ1) is 22.9. The number of carbonyl (C=O) groups excluding carboxylic acids is 1. The van der Waals surface area contributed by atoms with E-state index >= 15 is 0 Å². The molecule has 0 aliphatic carbocycles. The van der Waals surface area contributed by atoms with Crippen LogP contribution < -0.4 is 20.5 Å². The zero-order valence-corrected chi connectivity index (χ0v) is 19.7. The number of primary amides is 1. The first-order valence-corrected chi connectivity index (χ1v) is 11.7. The number of pyridine rings is 1. The average molecular weight is 476 g/mol. The van der Waals surface area contributed by atoms with E-state index in [1.807, 2.05) is 42.6 Å². The Labute approximate surface area is 203 Å².